The van der Waals surface area contributed by atoms with Crippen LogP contribution < -0.4 is 15.8 Å². The fourth-order valence-electron chi connectivity index (χ4n) is 3.07. The summed E-state index contributed by atoms with van der Waals surface area (Å²) in [4.78, 5) is 20.9. The van der Waals surface area contributed by atoms with Crippen molar-refractivity contribution in [2.75, 3.05) is 31.7 Å². The maximum atomic E-state index is 11.9. The van der Waals surface area contributed by atoms with E-state index in [1.807, 2.05) is 0 Å². The third-order valence-corrected chi connectivity index (χ3v) is 4.16. The van der Waals surface area contributed by atoms with Crippen LogP contribution in [-0.4, -0.2) is 48.9 Å². The van der Waals surface area contributed by atoms with Crippen LogP contribution in [-0.2, 0) is 4.74 Å². The molecule has 1 aromatic rings. The molecule has 2 rings (SSSR count). The Hall–Kier alpha value is -1.40. The van der Waals surface area contributed by atoms with Crippen molar-refractivity contribution in [2.24, 2.45) is 0 Å². The molecule has 2 atom stereocenters. The third kappa shape index (κ3) is 4.81. The zero-order chi connectivity index (χ0) is 15.8. The quantitative estimate of drug-likeness (QED) is 0.762. The number of aromatic amines is 1. The molecule has 22 heavy (non-hydrogen) atoms. The normalized spacial score (nSPS) is 20.1. The molecule has 0 aromatic carbocycles. The van der Waals surface area contributed by atoms with Gasteiger partial charge in [0.05, 0.1) is 6.61 Å². The van der Waals surface area contributed by atoms with Gasteiger partial charge in [-0.3, -0.25) is 4.79 Å². The summed E-state index contributed by atoms with van der Waals surface area (Å²) in [6, 6.07) is 0.768. The highest BCUT2D eigenvalue weighted by Gasteiger charge is 2.24. The van der Waals surface area contributed by atoms with Gasteiger partial charge >= 0.3 is 0 Å². The highest BCUT2D eigenvalue weighted by molar-refractivity contribution is 5.36. The topological polar surface area (TPSA) is 70.2 Å². The molecular weight excluding hydrogens is 280 g/mol. The molecule has 0 spiro atoms. The van der Waals surface area contributed by atoms with Crippen LogP contribution in [0.3, 0.4) is 0 Å². The average Bonchev–Trinajstić information content (AvgIpc) is 2.53. The van der Waals surface area contributed by atoms with Crippen molar-refractivity contribution in [1.82, 2.24) is 15.3 Å². The van der Waals surface area contributed by atoms with Crippen molar-refractivity contribution >= 4 is 5.82 Å². The molecule has 0 radical (unpaired) electrons. The lowest BCUT2D eigenvalue weighted by atomic mass is 10.0. The molecule has 1 aliphatic heterocycles. The highest BCUT2D eigenvalue weighted by Crippen LogP contribution is 2.15. The van der Waals surface area contributed by atoms with E-state index in [4.69, 9.17) is 4.74 Å². The van der Waals surface area contributed by atoms with Gasteiger partial charge in [0.25, 0.3) is 5.56 Å². The van der Waals surface area contributed by atoms with Gasteiger partial charge in [0, 0.05) is 44.7 Å². The third-order valence-electron chi connectivity index (χ3n) is 4.16. The van der Waals surface area contributed by atoms with Crippen LogP contribution in [0.2, 0.25) is 0 Å². The lowest BCUT2D eigenvalue weighted by Gasteiger charge is -2.35. The molecule has 0 amide bonds. The van der Waals surface area contributed by atoms with Gasteiger partial charge in [-0.15, -0.1) is 0 Å². The van der Waals surface area contributed by atoms with Crippen LogP contribution in [0.5, 0.6) is 0 Å². The molecule has 0 bridgehead atoms. The molecule has 124 valence electrons. The van der Waals surface area contributed by atoms with Gasteiger partial charge in [-0.25, -0.2) is 4.98 Å². The number of anilines is 1. The minimum Gasteiger partial charge on any atom is -0.383 e. The van der Waals surface area contributed by atoms with Gasteiger partial charge in [0.15, 0.2) is 5.82 Å². The molecule has 0 aliphatic carbocycles. The van der Waals surface area contributed by atoms with Gasteiger partial charge in [0.1, 0.15) is 0 Å². The summed E-state index contributed by atoms with van der Waals surface area (Å²) < 4.78 is 5.33. The van der Waals surface area contributed by atoms with Crippen molar-refractivity contribution < 1.29 is 4.74 Å². The fourth-order valence-corrected chi connectivity index (χ4v) is 3.07. The minimum atomic E-state index is -0.109. The second-order valence-electron chi connectivity index (χ2n) is 5.99. The van der Waals surface area contributed by atoms with E-state index in [1.165, 1.54) is 12.8 Å². The van der Waals surface area contributed by atoms with Gasteiger partial charge in [-0.2, -0.15) is 0 Å². The summed E-state index contributed by atoms with van der Waals surface area (Å²) in [5, 5.41) is 3.70. The largest absolute Gasteiger partial charge is 0.383 e. The van der Waals surface area contributed by atoms with Crippen molar-refractivity contribution in [3.63, 3.8) is 0 Å². The number of nitrogens with zero attached hydrogens (tertiary/aromatic N) is 2. The average molecular weight is 308 g/mol. The van der Waals surface area contributed by atoms with Crippen LogP contribution in [0.25, 0.3) is 0 Å². The molecule has 1 fully saturated rings. The molecule has 1 aliphatic rings. The number of piperidine rings is 1. The van der Waals surface area contributed by atoms with E-state index in [2.05, 4.69) is 27.1 Å². The van der Waals surface area contributed by atoms with Gasteiger partial charge < -0.3 is 19.9 Å². The van der Waals surface area contributed by atoms with E-state index in [-0.39, 0.29) is 5.56 Å². The molecule has 6 nitrogen and oxygen atoms in total. The maximum absolute atomic E-state index is 11.9. The number of hydrogen-bond acceptors (Lipinski definition) is 5. The molecular formula is C16H28N4O2. The van der Waals surface area contributed by atoms with Crippen LogP contribution in [0.1, 0.15) is 39.0 Å². The molecule has 6 heteroatoms. The maximum Gasteiger partial charge on any atom is 0.290 e. The Morgan fingerprint density at radius 3 is 3.18 bits per heavy atom. The van der Waals surface area contributed by atoms with E-state index in [0.717, 1.165) is 39.0 Å². The second kappa shape index (κ2) is 8.90. The number of methoxy groups -OCH3 is 1. The van der Waals surface area contributed by atoms with E-state index >= 15 is 0 Å². The smallest absolute Gasteiger partial charge is 0.290 e. The van der Waals surface area contributed by atoms with Crippen LogP contribution >= 0.6 is 0 Å². The Kier molecular flexibility index (Phi) is 6.86. The van der Waals surface area contributed by atoms with Crippen LogP contribution in [0.4, 0.5) is 5.82 Å². The number of H-pyrrole nitrogens is 1. The fraction of sp³-hybridized carbons (Fsp3) is 0.750. The summed E-state index contributed by atoms with van der Waals surface area (Å²) in [6.07, 6.45) is 8.95. The second-order valence-corrected chi connectivity index (χ2v) is 5.99. The Bertz CT molecular complexity index is 491. The van der Waals surface area contributed by atoms with Gasteiger partial charge in [-0.05, 0) is 19.3 Å². The summed E-state index contributed by atoms with van der Waals surface area (Å²) in [5.74, 6) is 0.533. The van der Waals surface area contributed by atoms with Gasteiger partial charge in [-0.1, -0.05) is 19.8 Å². The zero-order valence-electron chi connectivity index (χ0n) is 13.7. The molecule has 2 unspecified atom stereocenters. The predicted molar refractivity (Wildman–Crippen MR) is 88.4 cm³/mol. The molecule has 1 saturated heterocycles. The predicted octanol–water partition coefficient (Wildman–Crippen LogP) is 1.53. The Balaban J connectivity index is 1.94. The van der Waals surface area contributed by atoms with E-state index in [0.29, 0.717) is 17.9 Å². The Morgan fingerprint density at radius 1 is 1.59 bits per heavy atom. The van der Waals surface area contributed by atoms with Crippen molar-refractivity contribution in [2.45, 2.75) is 51.1 Å². The monoisotopic (exact) mass is 308 g/mol. The van der Waals surface area contributed by atoms with E-state index < -0.39 is 0 Å². The lowest BCUT2D eigenvalue weighted by Crippen LogP contribution is -2.51. The van der Waals surface area contributed by atoms with E-state index in [1.54, 1.807) is 19.5 Å². The first-order chi connectivity index (χ1) is 10.7. The highest BCUT2D eigenvalue weighted by atomic mass is 16.5. The zero-order valence-corrected chi connectivity index (χ0v) is 13.7. The molecule has 0 saturated carbocycles. The van der Waals surface area contributed by atoms with Crippen molar-refractivity contribution in [1.29, 1.82) is 0 Å². The first-order valence-electron chi connectivity index (χ1n) is 8.28. The summed E-state index contributed by atoms with van der Waals surface area (Å²) in [5.41, 5.74) is -0.109. The number of nitrogens with one attached hydrogen (secondary N) is 2. The van der Waals surface area contributed by atoms with Crippen LogP contribution in [0.15, 0.2) is 17.2 Å². The number of unbranched alkanes of at least 4 members (excludes halogenated alkanes) is 1. The number of aromatic nitrogens is 2. The number of rotatable bonds is 8. The molecule has 1 aromatic heterocycles. The number of ether oxygens (including phenoxy) is 1. The standard InChI is InChI=1S/C16H28N4O2/c1-3-4-6-14(12-22-2)19-13-7-5-10-20(11-13)15-16(21)18-9-8-17-15/h8-9,13-14,19H,3-7,10-12H2,1-2H3,(H,18,21). The van der Waals surface area contributed by atoms with E-state index in [9.17, 15) is 4.79 Å². The summed E-state index contributed by atoms with van der Waals surface area (Å²) >= 11 is 0. The Morgan fingerprint density at radius 2 is 2.45 bits per heavy atom. The van der Waals surface area contributed by atoms with Crippen LogP contribution in [0, 0.1) is 0 Å². The van der Waals surface area contributed by atoms with Crippen molar-refractivity contribution in [3.8, 4) is 0 Å². The first-order valence-corrected chi connectivity index (χ1v) is 8.28. The summed E-state index contributed by atoms with van der Waals surface area (Å²) in [6.45, 7) is 4.66. The van der Waals surface area contributed by atoms with Crippen molar-refractivity contribution in [3.05, 3.63) is 22.7 Å². The first kappa shape index (κ1) is 17.0. The minimum absolute atomic E-state index is 0.109. The molecule has 2 N–H and O–H groups in total. The lowest BCUT2D eigenvalue weighted by molar-refractivity contribution is 0.153. The van der Waals surface area contributed by atoms with Gasteiger partial charge in [0.2, 0.25) is 0 Å². The number of hydrogen-bond donors (Lipinski definition) is 2. The Labute approximate surface area is 132 Å². The SMILES string of the molecule is CCCCC(COC)NC1CCCN(c2ncc[nH]c2=O)C1. The summed E-state index contributed by atoms with van der Waals surface area (Å²) in [7, 11) is 1.75. The molecule has 2 heterocycles.